The number of ether oxygens (including phenoxy) is 1. The number of hydrogen-bond acceptors (Lipinski definition) is 6. The van der Waals surface area contributed by atoms with Gasteiger partial charge in [0.15, 0.2) is 16.8 Å². The molecule has 0 aliphatic rings. The highest BCUT2D eigenvalue weighted by atomic mass is 32.2. The molecule has 3 heterocycles. The van der Waals surface area contributed by atoms with E-state index in [2.05, 4.69) is 10.2 Å². The van der Waals surface area contributed by atoms with Gasteiger partial charge in [0.05, 0.1) is 31.4 Å². The van der Waals surface area contributed by atoms with Crippen LogP contribution in [0.5, 0.6) is 5.75 Å². The summed E-state index contributed by atoms with van der Waals surface area (Å²) in [6.45, 7) is 0.474. The molecule has 0 bridgehead atoms. The van der Waals surface area contributed by atoms with Crippen LogP contribution in [0.25, 0.3) is 11.4 Å². The first-order valence-corrected chi connectivity index (χ1v) is 10.0. The summed E-state index contributed by atoms with van der Waals surface area (Å²) in [5.74, 6) is 2.58. The Morgan fingerprint density at radius 2 is 1.97 bits per heavy atom. The zero-order valence-corrected chi connectivity index (χ0v) is 16.9. The number of furan rings is 1. The summed E-state index contributed by atoms with van der Waals surface area (Å²) in [5, 5.41) is 9.37. The Bertz CT molecular complexity index is 1100. The molecule has 0 N–H and O–H groups in total. The molecule has 0 fully saturated rings. The van der Waals surface area contributed by atoms with Crippen molar-refractivity contribution in [2.45, 2.75) is 11.7 Å². The van der Waals surface area contributed by atoms with Crippen LogP contribution >= 0.6 is 11.8 Å². The van der Waals surface area contributed by atoms with E-state index in [0.717, 1.165) is 17.1 Å². The summed E-state index contributed by atoms with van der Waals surface area (Å²) in [6.07, 6.45) is 3.50. The lowest BCUT2D eigenvalue weighted by Gasteiger charge is -2.09. The van der Waals surface area contributed by atoms with Gasteiger partial charge in [0.1, 0.15) is 11.5 Å². The maximum Gasteiger partial charge on any atom is 0.192 e. The Hall–Kier alpha value is -3.26. The van der Waals surface area contributed by atoms with Gasteiger partial charge in [0.25, 0.3) is 0 Å². The summed E-state index contributed by atoms with van der Waals surface area (Å²) >= 11 is 1.37. The SMILES string of the molecule is COc1ccc(-c2nnc(SCC(=O)c3cccn3C)n2Cc2ccco2)cc1. The van der Waals surface area contributed by atoms with E-state index < -0.39 is 0 Å². The van der Waals surface area contributed by atoms with E-state index in [0.29, 0.717) is 23.2 Å². The van der Waals surface area contributed by atoms with Crippen molar-refractivity contribution in [1.29, 1.82) is 0 Å². The van der Waals surface area contributed by atoms with E-state index in [4.69, 9.17) is 9.15 Å². The third-order valence-electron chi connectivity index (χ3n) is 4.52. The molecule has 0 spiro atoms. The molecule has 4 rings (SSSR count). The Labute approximate surface area is 172 Å². The summed E-state index contributed by atoms with van der Waals surface area (Å²) in [5.41, 5.74) is 1.58. The van der Waals surface area contributed by atoms with Crippen LogP contribution in [0.4, 0.5) is 0 Å². The van der Waals surface area contributed by atoms with Gasteiger partial charge in [-0.05, 0) is 48.5 Å². The molecular formula is C21H20N4O3S. The highest BCUT2D eigenvalue weighted by Crippen LogP contribution is 2.27. The number of carbonyl (C=O) groups excluding carboxylic acids is 1. The molecule has 0 aliphatic heterocycles. The van der Waals surface area contributed by atoms with Crippen molar-refractivity contribution in [1.82, 2.24) is 19.3 Å². The number of benzene rings is 1. The van der Waals surface area contributed by atoms with Gasteiger partial charge in [-0.3, -0.25) is 9.36 Å². The van der Waals surface area contributed by atoms with E-state index in [1.165, 1.54) is 11.8 Å². The molecule has 4 aromatic rings. The molecule has 0 unspecified atom stereocenters. The van der Waals surface area contributed by atoms with Crippen molar-refractivity contribution in [2.75, 3.05) is 12.9 Å². The number of aryl methyl sites for hydroxylation is 1. The van der Waals surface area contributed by atoms with Crippen molar-refractivity contribution in [3.63, 3.8) is 0 Å². The zero-order chi connectivity index (χ0) is 20.2. The smallest absolute Gasteiger partial charge is 0.192 e. The molecule has 29 heavy (non-hydrogen) atoms. The van der Waals surface area contributed by atoms with Gasteiger partial charge in [0, 0.05) is 18.8 Å². The van der Waals surface area contributed by atoms with Gasteiger partial charge < -0.3 is 13.7 Å². The molecule has 0 amide bonds. The number of nitrogens with zero attached hydrogens (tertiary/aromatic N) is 4. The number of hydrogen-bond donors (Lipinski definition) is 0. The number of methoxy groups -OCH3 is 1. The van der Waals surface area contributed by atoms with Crippen molar-refractivity contribution in [2.24, 2.45) is 7.05 Å². The minimum atomic E-state index is 0.0426. The van der Waals surface area contributed by atoms with Gasteiger partial charge in [-0.15, -0.1) is 10.2 Å². The number of thioether (sulfide) groups is 1. The van der Waals surface area contributed by atoms with Crippen molar-refractivity contribution >= 4 is 17.5 Å². The fourth-order valence-electron chi connectivity index (χ4n) is 3.00. The molecule has 148 valence electrons. The summed E-state index contributed by atoms with van der Waals surface area (Å²) in [4.78, 5) is 12.5. The Kier molecular flexibility index (Phi) is 5.53. The van der Waals surface area contributed by atoms with Crippen LogP contribution in [0.1, 0.15) is 16.2 Å². The average molecular weight is 408 g/mol. The molecular weight excluding hydrogens is 388 g/mol. The largest absolute Gasteiger partial charge is 0.497 e. The highest BCUT2D eigenvalue weighted by molar-refractivity contribution is 7.99. The molecule has 0 atom stereocenters. The number of aromatic nitrogens is 4. The summed E-state index contributed by atoms with van der Waals surface area (Å²) in [7, 11) is 3.49. The molecule has 0 radical (unpaired) electrons. The first kappa shape index (κ1) is 19.1. The summed E-state index contributed by atoms with van der Waals surface area (Å²) < 4.78 is 14.5. The first-order valence-electron chi connectivity index (χ1n) is 9.03. The van der Waals surface area contributed by atoms with Crippen LogP contribution in [0.2, 0.25) is 0 Å². The van der Waals surface area contributed by atoms with E-state index in [1.807, 2.05) is 70.9 Å². The van der Waals surface area contributed by atoms with Gasteiger partial charge in [-0.2, -0.15) is 0 Å². The van der Waals surface area contributed by atoms with Crippen molar-refractivity contribution in [3.05, 3.63) is 72.4 Å². The fourth-order valence-corrected chi connectivity index (χ4v) is 3.82. The van der Waals surface area contributed by atoms with Gasteiger partial charge in [-0.1, -0.05) is 11.8 Å². The van der Waals surface area contributed by atoms with Gasteiger partial charge >= 0.3 is 0 Å². The number of carbonyl (C=O) groups is 1. The lowest BCUT2D eigenvalue weighted by molar-refractivity contribution is 0.101. The molecule has 3 aromatic heterocycles. The Balaban J connectivity index is 1.61. The Morgan fingerprint density at radius 1 is 1.14 bits per heavy atom. The van der Waals surface area contributed by atoms with Crippen molar-refractivity contribution in [3.8, 4) is 17.1 Å². The van der Waals surface area contributed by atoms with Gasteiger partial charge in [-0.25, -0.2) is 0 Å². The van der Waals surface area contributed by atoms with Crippen LogP contribution < -0.4 is 4.74 Å². The second-order valence-corrected chi connectivity index (χ2v) is 7.36. The predicted molar refractivity (Wildman–Crippen MR) is 110 cm³/mol. The Morgan fingerprint density at radius 3 is 2.62 bits per heavy atom. The molecule has 7 nitrogen and oxygen atoms in total. The zero-order valence-electron chi connectivity index (χ0n) is 16.1. The van der Waals surface area contributed by atoms with Crippen LogP contribution in [-0.2, 0) is 13.6 Å². The predicted octanol–water partition coefficient (Wildman–Crippen LogP) is 3.91. The molecule has 0 saturated heterocycles. The van der Waals surface area contributed by atoms with E-state index >= 15 is 0 Å². The topological polar surface area (TPSA) is 75.1 Å². The van der Waals surface area contributed by atoms with E-state index in [9.17, 15) is 4.79 Å². The lowest BCUT2D eigenvalue weighted by atomic mass is 10.2. The number of Topliss-reactive ketones (excluding diaryl/α,β-unsaturated/α-hetero) is 1. The minimum absolute atomic E-state index is 0.0426. The number of rotatable bonds is 8. The average Bonchev–Trinajstić information content (AvgIpc) is 3.49. The molecule has 0 saturated carbocycles. The fraction of sp³-hybridized carbons (Fsp3) is 0.190. The summed E-state index contributed by atoms with van der Waals surface area (Å²) in [6, 6.07) is 15.1. The van der Waals surface area contributed by atoms with Crippen LogP contribution in [0.15, 0.2) is 70.6 Å². The standard InChI is InChI=1S/C21H20N4O3S/c1-24-11-3-6-18(24)19(26)14-29-21-23-22-20(15-7-9-16(27-2)10-8-15)25(21)13-17-5-4-12-28-17/h3-12H,13-14H2,1-2H3. The maximum absolute atomic E-state index is 12.5. The maximum atomic E-state index is 12.5. The van der Waals surface area contributed by atoms with Crippen molar-refractivity contribution < 1.29 is 13.9 Å². The molecule has 0 aliphatic carbocycles. The van der Waals surface area contributed by atoms with E-state index in [1.54, 1.807) is 13.4 Å². The highest BCUT2D eigenvalue weighted by Gasteiger charge is 2.18. The normalized spacial score (nSPS) is 11.0. The van der Waals surface area contributed by atoms with Crippen LogP contribution in [-0.4, -0.2) is 38.0 Å². The number of ketones is 1. The second-order valence-electron chi connectivity index (χ2n) is 6.42. The van der Waals surface area contributed by atoms with E-state index in [-0.39, 0.29) is 11.5 Å². The van der Waals surface area contributed by atoms with Crippen LogP contribution in [0, 0.1) is 0 Å². The molecule has 1 aromatic carbocycles. The second kappa shape index (κ2) is 8.40. The molecule has 8 heteroatoms. The quantitative estimate of drug-likeness (QED) is 0.325. The third kappa shape index (κ3) is 4.12. The minimum Gasteiger partial charge on any atom is -0.497 e. The monoisotopic (exact) mass is 408 g/mol. The van der Waals surface area contributed by atoms with Crippen LogP contribution in [0.3, 0.4) is 0 Å². The lowest BCUT2D eigenvalue weighted by Crippen LogP contribution is -2.09. The van der Waals surface area contributed by atoms with Gasteiger partial charge in [0.2, 0.25) is 0 Å². The third-order valence-corrected chi connectivity index (χ3v) is 5.49. The first-order chi connectivity index (χ1) is 14.2.